The third-order valence-electron chi connectivity index (χ3n) is 4.44. The lowest BCUT2D eigenvalue weighted by Crippen LogP contribution is -2.35. The van der Waals surface area contributed by atoms with Crippen LogP contribution < -0.4 is 5.32 Å². The van der Waals surface area contributed by atoms with Crippen molar-refractivity contribution in [1.29, 1.82) is 0 Å². The first-order valence-corrected chi connectivity index (χ1v) is 7.34. The molecule has 1 heterocycles. The van der Waals surface area contributed by atoms with Crippen LogP contribution in [0.25, 0.3) is 0 Å². The molecule has 1 aromatic carbocycles. The molecule has 6 heteroatoms. The van der Waals surface area contributed by atoms with Crippen LogP contribution in [0.3, 0.4) is 0 Å². The van der Waals surface area contributed by atoms with Gasteiger partial charge in [0.15, 0.2) is 0 Å². The van der Waals surface area contributed by atoms with E-state index in [0.29, 0.717) is 13.0 Å². The molecule has 1 atom stereocenters. The summed E-state index contributed by atoms with van der Waals surface area (Å²) in [6.45, 7) is 3.74. The lowest BCUT2D eigenvalue weighted by Gasteiger charge is -2.32. The third-order valence-corrected chi connectivity index (χ3v) is 4.44. The first-order valence-electron chi connectivity index (χ1n) is 7.34. The van der Waals surface area contributed by atoms with Crippen LogP contribution >= 0.6 is 0 Å². The maximum atomic E-state index is 11.4. The van der Waals surface area contributed by atoms with E-state index in [1.54, 1.807) is 6.07 Å². The minimum Gasteiger partial charge on any atom is -0.396 e. The van der Waals surface area contributed by atoms with Gasteiger partial charge in [-0.05, 0) is 51.9 Å². The Morgan fingerprint density at radius 3 is 2.86 bits per heavy atom. The molecule has 1 aliphatic heterocycles. The number of aliphatic hydroxyl groups is 1. The highest BCUT2D eigenvalue weighted by Gasteiger charge is 2.40. The SMILES string of the molecule is CN1CCCC1(C)c1ccc(NCCCO)cc1[N+](=O)[O-]. The van der Waals surface area contributed by atoms with Crippen molar-refractivity contribution in [3.8, 4) is 0 Å². The van der Waals surface area contributed by atoms with Gasteiger partial charge in [-0.25, -0.2) is 0 Å². The van der Waals surface area contributed by atoms with E-state index in [0.717, 1.165) is 30.6 Å². The van der Waals surface area contributed by atoms with Crippen LogP contribution in [0.15, 0.2) is 18.2 Å². The standard InChI is InChI=1S/C15H23N3O3/c1-15(7-3-9-17(15)2)13-6-5-12(16-8-4-10-19)11-14(13)18(20)21/h5-6,11,16,19H,3-4,7-10H2,1-2H3. The molecule has 1 fully saturated rings. The van der Waals surface area contributed by atoms with Crippen LogP contribution in [0.2, 0.25) is 0 Å². The number of likely N-dealkylation sites (tertiary alicyclic amines) is 1. The van der Waals surface area contributed by atoms with Crippen molar-refractivity contribution in [3.63, 3.8) is 0 Å². The number of benzene rings is 1. The van der Waals surface area contributed by atoms with Gasteiger partial charge in [-0.2, -0.15) is 0 Å². The van der Waals surface area contributed by atoms with Crippen LogP contribution in [0.1, 0.15) is 31.7 Å². The Bertz CT molecular complexity index is 521. The topological polar surface area (TPSA) is 78.6 Å². The molecular formula is C15H23N3O3. The number of nitro groups is 1. The summed E-state index contributed by atoms with van der Waals surface area (Å²) in [6.07, 6.45) is 2.61. The average Bonchev–Trinajstić information content (AvgIpc) is 2.80. The summed E-state index contributed by atoms with van der Waals surface area (Å²) >= 11 is 0. The number of nitro benzene ring substituents is 1. The fourth-order valence-corrected chi connectivity index (χ4v) is 3.00. The molecule has 0 bridgehead atoms. The highest BCUT2D eigenvalue weighted by Crippen LogP contribution is 2.42. The summed E-state index contributed by atoms with van der Waals surface area (Å²) in [5.41, 5.74) is 1.40. The zero-order valence-electron chi connectivity index (χ0n) is 12.6. The van der Waals surface area contributed by atoms with Crippen molar-refractivity contribution in [2.24, 2.45) is 0 Å². The van der Waals surface area contributed by atoms with Gasteiger partial charge in [0.25, 0.3) is 5.69 Å². The Kier molecular flexibility index (Phi) is 4.80. The molecule has 0 aromatic heterocycles. The molecule has 1 aromatic rings. The van der Waals surface area contributed by atoms with E-state index in [2.05, 4.69) is 17.1 Å². The summed E-state index contributed by atoms with van der Waals surface area (Å²) in [6, 6.07) is 5.35. The second-order valence-electron chi connectivity index (χ2n) is 5.79. The average molecular weight is 293 g/mol. The van der Waals surface area contributed by atoms with Crippen molar-refractivity contribution < 1.29 is 10.0 Å². The zero-order valence-corrected chi connectivity index (χ0v) is 12.6. The van der Waals surface area contributed by atoms with Gasteiger partial charge in [0.2, 0.25) is 0 Å². The second kappa shape index (κ2) is 6.41. The lowest BCUT2D eigenvalue weighted by molar-refractivity contribution is -0.386. The molecule has 1 saturated heterocycles. The van der Waals surface area contributed by atoms with E-state index in [-0.39, 0.29) is 22.8 Å². The van der Waals surface area contributed by atoms with Crippen LogP contribution in [0, 0.1) is 10.1 Å². The zero-order chi connectivity index (χ0) is 15.5. The van der Waals surface area contributed by atoms with Gasteiger partial charge in [-0.15, -0.1) is 0 Å². The number of nitrogens with one attached hydrogen (secondary N) is 1. The smallest absolute Gasteiger partial charge is 0.276 e. The van der Waals surface area contributed by atoms with Crippen LogP contribution in [0.5, 0.6) is 0 Å². The maximum Gasteiger partial charge on any atom is 0.276 e. The Morgan fingerprint density at radius 1 is 1.52 bits per heavy atom. The molecule has 1 aliphatic rings. The van der Waals surface area contributed by atoms with E-state index in [4.69, 9.17) is 5.11 Å². The maximum absolute atomic E-state index is 11.4. The van der Waals surface area contributed by atoms with E-state index in [1.165, 1.54) is 0 Å². The molecule has 0 amide bonds. The van der Waals surface area contributed by atoms with Crippen LogP contribution in [-0.2, 0) is 5.54 Å². The highest BCUT2D eigenvalue weighted by atomic mass is 16.6. The second-order valence-corrected chi connectivity index (χ2v) is 5.79. The molecule has 21 heavy (non-hydrogen) atoms. The molecule has 2 rings (SSSR count). The summed E-state index contributed by atoms with van der Waals surface area (Å²) in [5, 5.41) is 23.3. The summed E-state index contributed by atoms with van der Waals surface area (Å²) in [4.78, 5) is 13.3. The molecule has 0 spiro atoms. The van der Waals surface area contributed by atoms with E-state index < -0.39 is 0 Å². The molecule has 0 saturated carbocycles. The molecule has 6 nitrogen and oxygen atoms in total. The van der Waals surface area contributed by atoms with Crippen LogP contribution in [0.4, 0.5) is 11.4 Å². The lowest BCUT2D eigenvalue weighted by atomic mass is 9.88. The summed E-state index contributed by atoms with van der Waals surface area (Å²) in [7, 11) is 2.02. The molecular weight excluding hydrogens is 270 g/mol. The highest BCUT2D eigenvalue weighted by molar-refractivity contribution is 5.57. The van der Waals surface area contributed by atoms with Gasteiger partial charge >= 0.3 is 0 Å². The number of aliphatic hydroxyl groups excluding tert-OH is 1. The Morgan fingerprint density at radius 2 is 2.29 bits per heavy atom. The van der Waals surface area contributed by atoms with Crippen molar-refractivity contribution in [2.45, 2.75) is 31.7 Å². The predicted octanol–water partition coefficient (Wildman–Crippen LogP) is 2.33. The number of anilines is 1. The van der Waals surface area contributed by atoms with Gasteiger partial charge in [0.05, 0.1) is 4.92 Å². The van der Waals surface area contributed by atoms with Crippen LogP contribution in [-0.4, -0.2) is 41.7 Å². The van der Waals surface area contributed by atoms with Gasteiger partial charge in [-0.3, -0.25) is 15.0 Å². The van der Waals surface area contributed by atoms with Crippen molar-refractivity contribution in [3.05, 3.63) is 33.9 Å². The van der Waals surface area contributed by atoms with E-state index in [9.17, 15) is 10.1 Å². The molecule has 116 valence electrons. The number of hydrogen-bond donors (Lipinski definition) is 2. The molecule has 0 aliphatic carbocycles. The minimum atomic E-state index is -0.302. The van der Waals surface area contributed by atoms with Gasteiger partial charge < -0.3 is 10.4 Å². The molecule has 0 radical (unpaired) electrons. The number of rotatable bonds is 6. The van der Waals surface area contributed by atoms with Gasteiger partial charge in [0.1, 0.15) is 0 Å². The Hall–Kier alpha value is -1.66. The van der Waals surface area contributed by atoms with Crippen molar-refractivity contribution >= 4 is 11.4 Å². The summed E-state index contributed by atoms with van der Waals surface area (Å²) in [5.74, 6) is 0. The van der Waals surface area contributed by atoms with Gasteiger partial charge in [-0.1, -0.05) is 0 Å². The summed E-state index contributed by atoms with van der Waals surface area (Å²) < 4.78 is 0. The van der Waals surface area contributed by atoms with Gasteiger partial charge in [0, 0.05) is 36.0 Å². The molecule has 2 N–H and O–H groups in total. The normalized spacial score (nSPS) is 22.4. The first-order chi connectivity index (χ1) is 9.99. The largest absolute Gasteiger partial charge is 0.396 e. The number of nitrogens with zero attached hydrogens (tertiary/aromatic N) is 2. The third kappa shape index (κ3) is 3.16. The molecule has 1 unspecified atom stereocenters. The predicted molar refractivity (Wildman–Crippen MR) is 82.5 cm³/mol. The minimum absolute atomic E-state index is 0.107. The van der Waals surface area contributed by atoms with E-state index >= 15 is 0 Å². The first kappa shape index (κ1) is 15.7. The fraction of sp³-hybridized carbons (Fsp3) is 0.600. The number of hydrogen-bond acceptors (Lipinski definition) is 5. The monoisotopic (exact) mass is 293 g/mol. The van der Waals surface area contributed by atoms with Crippen molar-refractivity contribution in [1.82, 2.24) is 4.90 Å². The quantitative estimate of drug-likeness (QED) is 0.478. The Balaban J connectivity index is 2.31. The Labute approximate surface area is 124 Å². The van der Waals surface area contributed by atoms with Crippen molar-refractivity contribution in [2.75, 3.05) is 32.1 Å². The van der Waals surface area contributed by atoms with E-state index in [1.807, 2.05) is 19.2 Å². The fourth-order valence-electron chi connectivity index (χ4n) is 3.00.